The molecular weight excluding hydrogens is 364 g/mol. The van der Waals surface area contributed by atoms with Crippen molar-refractivity contribution in [1.29, 1.82) is 0 Å². The molecule has 1 saturated heterocycles. The van der Waals surface area contributed by atoms with Crippen molar-refractivity contribution in [3.8, 4) is 0 Å². The zero-order valence-corrected chi connectivity index (χ0v) is 17.3. The highest BCUT2D eigenvalue weighted by Gasteiger charge is 2.21. The predicted octanol–water partition coefficient (Wildman–Crippen LogP) is 2.47. The van der Waals surface area contributed by atoms with Gasteiger partial charge in [0.15, 0.2) is 0 Å². The van der Waals surface area contributed by atoms with Gasteiger partial charge in [-0.3, -0.25) is 14.5 Å². The third kappa shape index (κ3) is 5.81. The Bertz CT molecular complexity index is 817. The Morgan fingerprint density at radius 2 is 1.62 bits per heavy atom. The number of nitrogens with zero attached hydrogens (tertiary/aromatic N) is 3. The molecule has 0 radical (unpaired) electrons. The standard InChI is InChI=1S/C23H30N4O2/c1-3-19-9-7-8-12-21(19)24-22(28)17-25(2)23(29)18-26-13-15-27(16-14-26)20-10-5-4-6-11-20/h4-12H,3,13-18H2,1-2H3,(H,24,28). The summed E-state index contributed by atoms with van der Waals surface area (Å²) in [4.78, 5) is 30.9. The number of carbonyl (C=O) groups is 2. The van der Waals surface area contributed by atoms with E-state index in [9.17, 15) is 9.59 Å². The first-order valence-electron chi connectivity index (χ1n) is 10.2. The number of anilines is 2. The van der Waals surface area contributed by atoms with Crippen LogP contribution in [-0.2, 0) is 16.0 Å². The molecule has 6 nitrogen and oxygen atoms in total. The Morgan fingerprint density at radius 1 is 0.966 bits per heavy atom. The Kier molecular flexibility index (Phi) is 7.25. The number of benzene rings is 2. The van der Waals surface area contributed by atoms with Crippen molar-refractivity contribution in [3.05, 3.63) is 60.2 Å². The van der Waals surface area contributed by atoms with Gasteiger partial charge in [0.2, 0.25) is 11.8 Å². The molecule has 1 heterocycles. The van der Waals surface area contributed by atoms with Crippen LogP contribution >= 0.6 is 0 Å². The molecule has 0 saturated carbocycles. The molecule has 1 N–H and O–H groups in total. The van der Waals surface area contributed by atoms with E-state index in [4.69, 9.17) is 0 Å². The van der Waals surface area contributed by atoms with Gasteiger partial charge < -0.3 is 15.1 Å². The molecule has 29 heavy (non-hydrogen) atoms. The van der Waals surface area contributed by atoms with Gasteiger partial charge in [-0.2, -0.15) is 0 Å². The van der Waals surface area contributed by atoms with Gasteiger partial charge in [-0.15, -0.1) is 0 Å². The molecule has 0 bridgehead atoms. The van der Waals surface area contributed by atoms with Crippen LogP contribution in [0, 0.1) is 0 Å². The average Bonchev–Trinajstić information content (AvgIpc) is 2.75. The van der Waals surface area contributed by atoms with E-state index in [-0.39, 0.29) is 18.4 Å². The van der Waals surface area contributed by atoms with E-state index in [1.807, 2.05) is 42.5 Å². The molecule has 2 aromatic carbocycles. The highest BCUT2D eigenvalue weighted by molar-refractivity contribution is 5.95. The van der Waals surface area contributed by atoms with Crippen molar-refractivity contribution in [1.82, 2.24) is 9.80 Å². The summed E-state index contributed by atoms with van der Waals surface area (Å²) in [6, 6.07) is 18.1. The molecule has 154 valence electrons. The molecule has 1 fully saturated rings. The summed E-state index contributed by atoms with van der Waals surface area (Å²) >= 11 is 0. The van der Waals surface area contributed by atoms with Crippen LogP contribution in [0.1, 0.15) is 12.5 Å². The van der Waals surface area contributed by atoms with E-state index in [0.717, 1.165) is 43.9 Å². The van der Waals surface area contributed by atoms with Crippen LogP contribution in [0.4, 0.5) is 11.4 Å². The number of amides is 2. The zero-order valence-electron chi connectivity index (χ0n) is 17.3. The van der Waals surface area contributed by atoms with Crippen LogP contribution in [0.25, 0.3) is 0 Å². The molecular formula is C23H30N4O2. The smallest absolute Gasteiger partial charge is 0.243 e. The normalized spacial score (nSPS) is 14.5. The van der Waals surface area contributed by atoms with E-state index < -0.39 is 0 Å². The average molecular weight is 395 g/mol. The molecule has 3 rings (SSSR count). The van der Waals surface area contributed by atoms with E-state index in [1.165, 1.54) is 10.6 Å². The number of piperazine rings is 1. The second-order valence-electron chi connectivity index (χ2n) is 7.41. The summed E-state index contributed by atoms with van der Waals surface area (Å²) in [6.45, 7) is 5.93. The molecule has 0 atom stereocenters. The first-order valence-corrected chi connectivity index (χ1v) is 10.2. The molecule has 0 spiro atoms. The van der Waals surface area contributed by atoms with E-state index >= 15 is 0 Å². The van der Waals surface area contributed by atoms with Gasteiger partial charge >= 0.3 is 0 Å². The molecule has 2 aromatic rings. The Morgan fingerprint density at radius 3 is 2.31 bits per heavy atom. The second-order valence-corrected chi connectivity index (χ2v) is 7.41. The number of aryl methyl sites for hydroxylation is 1. The maximum atomic E-state index is 12.6. The monoisotopic (exact) mass is 394 g/mol. The maximum Gasteiger partial charge on any atom is 0.243 e. The molecule has 1 aliphatic heterocycles. The summed E-state index contributed by atoms with van der Waals surface area (Å²) in [6.07, 6.45) is 0.847. The van der Waals surface area contributed by atoms with Crippen LogP contribution in [-0.4, -0.2) is 67.9 Å². The minimum atomic E-state index is -0.171. The Balaban J connectivity index is 1.44. The van der Waals surface area contributed by atoms with Crippen molar-refractivity contribution >= 4 is 23.2 Å². The first kappa shape index (κ1) is 20.9. The summed E-state index contributed by atoms with van der Waals surface area (Å²) in [5.41, 5.74) is 3.13. The van der Waals surface area contributed by atoms with Crippen LogP contribution in [0.15, 0.2) is 54.6 Å². The predicted molar refractivity (Wildman–Crippen MR) is 117 cm³/mol. The third-order valence-electron chi connectivity index (χ3n) is 5.33. The molecule has 0 aliphatic carbocycles. The lowest BCUT2D eigenvalue weighted by atomic mass is 10.1. The van der Waals surface area contributed by atoms with Crippen molar-refractivity contribution in [2.24, 2.45) is 0 Å². The van der Waals surface area contributed by atoms with Crippen molar-refractivity contribution < 1.29 is 9.59 Å². The fourth-order valence-electron chi connectivity index (χ4n) is 3.56. The van der Waals surface area contributed by atoms with Crippen molar-refractivity contribution in [2.75, 3.05) is 56.5 Å². The van der Waals surface area contributed by atoms with Gasteiger partial charge in [0.1, 0.15) is 0 Å². The number of likely N-dealkylation sites (N-methyl/N-ethyl adjacent to an activating group) is 1. The lowest BCUT2D eigenvalue weighted by Gasteiger charge is -2.36. The minimum Gasteiger partial charge on any atom is -0.369 e. The molecule has 0 unspecified atom stereocenters. The quantitative estimate of drug-likeness (QED) is 0.784. The molecule has 0 aromatic heterocycles. The van der Waals surface area contributed by atoms with Crippen LogP contribution in [0.3, 0.4) is 0 Å². The number of hydrogen-bond donors (Lipinski definition) is 1. The Hall–Kier alpha value is -2.86. The third-order valence-corrected chi connectivity index (χ3v) is 5.33. The SMILES string of the molecule is CCc1ccccc1NC(=O)CN(C)C(=O)CN1CCN(c2ccccc2)CC1. The largest absolute Gasteiger partial charge is 0.369 e. The lowest BCUT2D eigenvalue weighted by molar-refractivity contribution is -0.134. The highest BCUT2D eigenvalue weighted by atomic mass is 16.2. The van der Waals surface area contributed by atoms with Crippen molar-refractivity contribution in [3.63, 3.8) is 0 Å². The van der Waals surface area contributed by atoms with Gasteiger partial charge in [-0.05, 0) is 30.2 Å². The zero-order chi connectivity index (χ0) is 20.6. The van der Waals surface area contributed by atoms with E-state index in [0.29, 0.717) is 6.54 Å². The van der Waals surface area contributed by atoms with Crippen LogP contribution in [0.2, 0.25) is 0 Å². The number of nitrogens with one attached hydrogen (secondary N) is 1. The van der Waals surface area contributed by atoms with Crippen molar-refractivity contribution in [2.45, 2.75) is 13.3 Å². The number of rotatable bonds is 7. The van der Waals surface area contributed by atoms with Gasteiger partial charge in [0.25, 0.3) is 0 Å². The van der Waals surface area contributed by atoms with E-state index in [1.54, 1.807) is 7.05 Å². The number of para-hydroxylation sites is 2. The fourth-order valence-corrected chi connectivity index (χ4v) is 3.56. The fraction of sp³-hybridized carbons (Fsp3) is 0.391. The lowest BCUT2D eigenvalue weighted by Crippen LogP contribution is -2.50. The summed E-state index contributed by atoms with van der Waals surface area (Å²) in [7, 11) is 1.69. The van der Waals surface area contributed by atoms with Crippen LogP contribution in [0.5, 0.6) is 0 Å². The van der Waals surface area contributed by atoms with Crippen LogP contribution < -0.4 is 10.2 Å². The first-order chi connectivity index (χ1) is 14.1. The number of hydrogen-bond acceptors (Lipinski definition) is 4. The van der Waals surface area contributed by atoms with Gasteiger partial charge in [0.05, 0.1) is 13.1 Å². The molecule has 6 heteroatoms. The summed E-state index contributed by atoms with van der Waals surface area (Å²) < 4.78 is 0. The molecule has 2 amide bonds. The van der Waals surface area contributed by atoms with Gasteiger partial charge in [-0.25, -0.2) is 0 Å². The van der Waals surface area contributed by atoms with Gasteiger partial charge in [-0.1, -0.05) is 43.3 Å². The minimum absolute atomic E-state index is 0.0305. The summed E-state index contributed by atoms with van der Waals surface area (Å²) in [5, 5.41) is 2.92. The number of carbonyl (C=O) groups excluding carboxylic acids is 2. The summed E-state index contributed by atoms with van der Waals surface area (Å²) in [5.74, 6) is -0.201. The van der Waals surface area contributed by atoms with Gasteiger partial charge in [0, 0.05) is 44.6 Å². The van der Waals surface area contributed by atoms with E-state index in [2.05, 4.69) is 34.2 Å². The highest BCUT2D eigenvalue weighted by Crippen LogP contribution is 2.16. The second kappa shape index (κ2) is 10.1. The topological polar surface area (TPSA) is 55.9 Å². The Labute approximate surface area is 173 Å². The molecule has 1 aliphatic rings. The maximum absolute atomic E-state index is 12.6.